The maximum atomic E-state index is 12.1. The monoisotopic (exact) mass is 488 g/mol. The van der Waals surface area contributed by atoms with Gasteiger partial charge in [-0.1, -0.05) is 15.9 Å². The minimum Gasteiger partial charge on any atom is -0.451 e. The van der Waals surface area contributed by atoms with E-state index >= 15 is 0 Å². The Morgan fingerprint density at radius 2 is 1.63 bits per heavy atom. The minimum atomic E-state index is -4.82. The number of alkyl halides is 3. The summed E-state index contributed by atoms with van der Waals surface area (Å²) in [5.74, 6) is -2.47. The molecule has 7 nitrogen and oxygen atoms in total. The standard InChI is InChI=1S/C19H16BrF3N2O5/c1-11(17(27)25-14-6-8-15(9-7-14)30-19(21,22)23)29-16(26)10-24-18(28)12-2-4-13(20)5-3-12/h2-9,11H,10H2,1H3,(H,24,28)(H,25,27). The van der Waals surface area contributed by atoms with Crippen LogP contribution in [0.1, 0.15) is 17.3 Å². The molecule has 160 valence electrons. The lowest BCUT2D eigenvalue weighted by Crippen LogP contribution is -2.35. The Hall–Kier alpha value is -3.08. The molecule has 0 aromatic heterocycles. The maximum Gasteiger partial charge on any atom is 0.573 e. The molecule has 11 heteroatoms. The van der Waals surface area contributed by atoms with Gasteiger partial charge in [-0.25, -0.2) is 0 Å². The van der Waals surface area contributed by atoms with Crippen molar-refractivity contribution in [3.8, 4) is 5.75 Å². The molecule has 0 aliphatic heterocycles. The normalized spacial score (nSPS) is 11.9. The van der Waals surface area contributed by atoms with Crippen LogP contribution in [0.3, 0.4) is 0 Å². The molecule has 2 amide bonds. The van der Waals surface area contributed by atoms with Crippen LogP contribution in [-0.2, 0) is 14.3 Å². The van der Waals surface area contributed by atoms with Gasteiger partial charge in [-0.3, -0.25) is 14.4 Å². The quantitative estimate of drug-likeness (QED) is 0.580. The van der Waals surface area contributed by atoms with Crippen LogP contribution in [0.25, 0.3) is 0 Å². The number of esters is 1. The summed E-state index contributed by atoms with van der Waals surface area (Å²) in [6, 6.07) is 10.9. The van der Waals surface area contributed by atoms with Gasteiger partial charge in [0.1, 0.15) is 12.3 Å². The van der Waals surface area contributed by atoms with Crippen LogP contribution in [0, 0.1) is 0 Å². The summed E-state index contributed by atoms with van der Waals surface area (Å²) < 4.78 is 45.9. The van der Waals surface area contributed by atoms with Crippen molar-refractivity contribution >= 4 is 39.4 Å². The van der Waals surface area contributed by atoms with Gasteiger partial charge in [-0.05, 0) is 55.5 Å². The van der Waals surface area contributed by atoms with Gasteiger partial charge in [0.05, 0.1) is 0 Å². The van der Waals surface area contributed by atoms with E-state index in [1.54, 1.807) is 24.3 Å². The van der Waals surface area contributed by atoms with Crippen LogP contribution < -0.4 is 15.4 Å². The van der Waals surface area contributed by atoms with Crippen LogP contribution >= 0.6 is 15.9 Å². The fourth-order valence-electron chi connectivity index (χ4n) is 2.13. The SMILES string of the molecule is CC(OC(=O)CNC(=O)c1ccc(Br)cc1)C(=O)Nc1ccc(OC(F)(F)F)cc1. The van der Waals surface area contributed by atoms with Crippen LogP contribution in [0.15, 0.2) is 53.0 Å². The molecule has 2 N–H and O–H groups in total. The number of ether oxygens (including phenoxy) is 2. The Bertz CT molecular complexity index is 902. The van der Waals surface area contributed by atoms with Gasteiger partial charge in [0, 0.05) is 15.7 Å². The maximum absolute atomic E-state index is 12.1. The number of benzene rings is 2. The van der Waals surface area contributed by atoms with Crippen LogP contribution in [-0.4, -0.2) is 36.8 Å². The van der Waals surface area contributed by atoms with Crippen molar-refractivity contribution in [2.24, 2.45) is 0 Å². The highest BCUT2D eigenvalue weighted by atomic mass is 79.9. The number of hydrogen-bond acceptors (Lipinski definition) is 5. The van der Waals surface area contributed by atoms with E-state index in [2.05, 4.69) is 31.3 Å². The molecule has 0 radical (unpaired) electrons. The molecule has 0 aliphatic rings. The third kappa shape index (κ3) is 7.74. The van der Waals surface area contributed by atoms with Crippen molar-refractivity contribution < 1.29 is 37.0 Å². The van der Waals surface area contributed by atoms with Gasteiger partial charge in [0.15, 0.2) is 6.10 Å². The minimum absolute atomic E-state index is 0.181. The third-order valence-electron chi connectivity index (χ3n) is 3.53. The highest BCUT2D eigenvalue weighted by Crippen LogP contribution is 2.24. The van der Waals surface area contributed by atoms with E-state index in [1.165, 1.54) is 19.1 Å². The Balaban J connectivity index is 1.79. The first-order valence-electron chi connectivity index (χ1n) is 8.43. The first-order valence-corrected chi connectivity index (χ1v) is 9.23. The molecule has 2 aromatic rings. The van der Waals surface area contributed by atoms with Crippen molar-refractivity contribution in [3.05, 3.63) is 58.6 Å². The summed E-state index contributed by atoms with van der Waals surface area (Å²) in [4.78, 5) is 35.8. The molecule has 1 unspecified atom stereocenters. The Kier molecular flexibility index (Phi) is 7.81. The predicted molar refractivity (Wildman–Crippen MR) is 104 cm³/mol. The second-order valence-corrected chi connectivity index (χ2v) is 6.80. The summed E-state index contributed by atoms with van der Waals surface area (Å²) in [7, 11) is 0. The van der Waals surface area contributed by atoms with Crippen molar-refractivity contribution in [2.75, 3.05) is 11.9 Å². The van der Waals surface area contributed by atoms with Gasteiger partial charge in [0.25, 0.3) is 11.8 Å². The number of carbonyl (C=O) groups excluding carboxylic acids is 3. The highest BCUT2D eigenvalue weighted by Gasteiger charge is 2.31. The lowest BCUT2D eigenvalue weighted by atomic mass is 10.2. The summed E-state index contributed by atoms with van der Waals surface area (Å²) in [5.41, 5.74) is 0.524. The zero-order valence-electron chi connectivity index (χ0n) is 15.5. The lowest BCUT2D eigenvalue weighted by Gasteiger charge is -2.14. The fourth-order valence-corrected chi connectivity index (χ4v) is 2.40. The Labute approximate surface area is 177 Å². The second kappa shape index (κ2) is 10.1. The van der Waals surface area contributed by atoms with E-state index < -0.39 is 42.5 Å². The van der Waals surface area contributed by atoms with E-state index in [-0.39, 0.29) is 5.69 Å². The number of nitrogens with one attached hydrogen (secondary N) is 2. The summed E-state index contributed by atoms with van der Waals surface area (Å²) in [6.45, 7) is 0.862. The van der Waals surface area contributed by atoms with Crippen LogP contribution in [0.4, 0.5) is 18.9 Å². The van der Waals surface area contributed by atoms with Crippen LogP contribution in [0.2, 0.25) is 0 Å². The second-order valence-electron chi connectivity index (χ2n) is 5.88. The smallest absolute Gasteiger partial charge is 0.451 e. The molecule has 2 aromatic carbocycles. The average molecular weight is 489 g/mol. The van der Waals surface area contributed by atoms with E-state index in [9.17, 15) is 27.6 Å². The lowest BCUT2D eigenvalue weighted by molar-refractivity contribution is -0.274. The molecule has 0 saturated carbocycles. The fraction of sp³-hybridized carbons (Fsp3) is 0.211. The first-order chi connectivity index (χ1) is 14.0. The van der Waals surface area contributed by atoms with Crippen LogP contribution in [0.5, 0.6) is 5.75 Å². The van der Waals surface area contributed by atoms with Gasteiger partial charge >= 0.3 is 12.3 Å². The molecule has 1 atom stereocenters. The molecular weight excluding hydrogens is 473 g/mol. The van der Waals surface area contributed by atoms with E-state index in [0.29, 0.717) is 5.56 Å². The molecule has 30 heavy (non-hydrogen) atoms. The summed E-state index contributed by atoms with van der Waals surface area (Å²) in [6.07, 6.45) is -6.02. The number of halogens is 4. The van der Waals surface area contributed by atoms with Gasteiger partial charge in [-0.15, -0.1) is 13.2 Å². The predicted octanol–water partition coefficient (Wildman–Crippen LogP) is 3.65. The average Bonchev–Trinajstić information content (AvgIpc) is 2.67. The van der Waals surface area contributed by atoms with Gasteiger partial charge in [0.2, 0.25) is 0 Å². The van der Waals surface area contributed by atoms with E-state index in [4.69, 9.17) is 4.74 Å². The molecule has 0 bridgehead atoms. The molecule has 0 spiro atoms. The molecule has 0 saturated heterocycles. The zero-order valence-corrected chi connectivity index (χ0v) is 17.0. The topological polar surface area (TPSA) is 93.7 Å². The summed E-state index contributed by atoms with van der Waals surface area (Å²) in [5, 5.41) is 4.76. The number of anilines is 1. The van der Waals surface area contributed by atoms with Crippen molar-refractivity contribution in [1.29, 1.82) is 0 Å². The van der Waals surface area contributed by atoms with E-state index in [0.717, 1.165) is 16.6 Å². The third-order valence-corrected chi connectivity index (χ3v) is 4.06. The molecule has 0 heterocycles. The Morgan fingerprint density at radius 3 is 2.20 bits per heavy atom. The number of rotatable bonds is 7. The highest BCUT2D eigenvalue weighted by molar-refractivity contribution is 9.10. The molecule has 2 rings (SSSR count). The Morgan fingerprint density at radius 1 is 1.03 bits per heavy atom. The number of hydrogen-bond donors (Lipinski definition) is 2. The number of carbonyl (C=O) groups is 3. The van der Waals surface area contributed by atoms with Crippen molar-refractivity contribution in [3.63, 3.8) is 0 Å². The van der Waals surface area contributed by atoms with Gasteiger partial charge < -0.3 is 20.1 Å². The first kappa shape index (κ1) is 23.2. The molecular formula is C19H16BrF3N2O5. The number of amides is 2. The van der Waals surface area contributed by atoms with E-state index in [1.807, 2.05) is 0 Å². The largest absolute Gasteiger partial charge is 0.573 e. The molecule has 0 aliphatic carbocycles. The van der Waals surface area contributed by atoms with Crippen molar-refractivity contribution in [1.82, 2.24) is 5.32 Å². The van der Waals surface area contributed by atoms with Gasteiger partial charge in [-0.2, -0.15) is 0 Å². The zero-order chi connectivity index (χ0) is 22.3. The molecule has 0 fully saturated rings. The summed E-state index contributed by atoms with van der Waals surface area (Å²) >= 11 is 3.24. The van der Waals surface area contributed by atoms with Crippen molar-refractivity contribution in [2.45, 2.75) is 19.4 Å².